The number of amides is 2. The summed E-state index contributed by atoms with van der Waals surface area (Å²) in [6.07, 6.45) is 6.98. The van der Waals surface area contributed by atoms with Crippen LogP contribution in [0, 0.1) is 0 Å². The highest BCUT2D eigenvalue weighted by Gasteiger charge is 2.20. The Balaban J connectivity index is 1.76. The molecule has 0 spiro atoms. The Morgan fingerprint density at radius 3 is 2.86 bits per heavy atom. The molecule has 0 unspecified atom stereocenters. The van der Waals surface area contributed by atoms with E-state index in [0.29, 0.717) is 18.7 Å². The lowest BCUT2D eigenvalue weighted by atomic mass is 10.2. The normalized spacial score (nSPS) is 11.8. The number of rotatable bonds is 7. The third-order valence-corrected chi connectivity index (χ3v) is 2.78. The molecule has 0 fully saturated rings. The van der Waals surface area contributed by atoms with Crippen LogP contribution < -0.4 is 10.6 Å². The maximum atomic E-state index is 11.7. The Labute approximate surface area is 120 Å². The minimum absolute atomic E-state index is 0.140. The number of carbonyl (C=O) groups excluding carboxylic acids is 1. The molecule has 0 saturated heterocycles. The fourth-order valence-electron chi connectivity index (χ4n) is 1.75. The van der Waals surface area contributed by atoms with Gasteiger partial charge in [-0.15, -0.1) is 0 Å². The van der Waals surface area contributed by atoms with Crippen LogP contribution in [0.3, 0.4) is 0 Å². The summed E-state index contributed by atoms with van der Waals surface area (Å²) in [4.78, 5) is 36.3. The number of aromatic nitrogens is 4. The molecular formula is C12H16N6O3. The number of carbonyl (C=O) groups is 2. The van der Waals surface area contributed by atoms with Crippen molar-refractivity contribution in [2.45, 2.75) is 18.9 Å². The molecule has 9 nitrogen and oxygen atoms in total. The largest absolute Gasteiger partial charge is 0.480 e. The van der Waals surface area contributed by atoms with E-state index in [4.69, 9.17) is 5.11 Å². The van der Waals surface area contributed by atoms with E-state index in [1.165, 1.54) is 12.5 Å². The van der Waals surface area contributed by atoms with E-state index >= 15 is 0 Å². The van der Waals surface area contributed by atoms with E-state index in [-0.39, 0.29) is 6.42 Å². The highest BCUT2D eigenvalue weighted by atomic mass is 16.4. The summed E-state index contributed by atoms with van der Waals surface area (Å²) < 4.78 is 0. The molecule has 0 saturated carbocycles. The molecule has 5 N–H and O–H groups in total. The average Bonchev–Trinajstić information content (AvgIpc) is 3.10. The van der Waals surface area contributed by atoms with Gasteiger partial charge >= 0.3 is 12.0 Å². The van der Waals surface area contributed by atoms with Crippen molar-refractivity contribution in [1.82, 2.24) is 30.6 Å². The second kappa shape index (κ2) is 7.08. The Morgan fingerprint density at radius 2 is 2.24 bits per heavy atom. The van der Waals surface area contributed by atoms with Gasteiger partial charge in [-0.2, -0.15) is 0 Å². The highest BCUT2D eigenvalue weighted by molar-refractivity contribution is 5.82. The number of nitrogens with one attached hydrogen (secondary N) is 4. The second-order valence-electron chi connectivity index (χ2n) is 4.36. The lowest BCUT2D eigenvalue weighted by Gasteiger charge is -2.14. The van der Waals surface area contributed by atoms with E-state index in [2.05, 4.69) is 30.6 Å². The predicted octanol–water partition coefficient (Wildman–Crippen LogP) is -0.330. The summed E-state index contributed by atoms with van der Waals surface area (Å²) in [5, 5.41) is 14.1. The molecule has 2 heterocycles. The van der Waals surface area contributed by atoms with Crippen molar-refractivity contribution in [3.05, 3.63) is 36.4 Å². The maximum absolute atomic E-state index is 11.7. The van der Waals surface area contributed by atoms with Gasteiger partial charge in [0.1, 0.15) is 11.9 Å². The van der Waals surface area contributed by atoms with Crippen LogP contribution in [-0.2, 0) is 17.6 Å². The van der Waals surface area contributed by atoms with E-state index in [1.807, 2.05) is 0 Å². The number of hydrogen-bond donors (Lipinski definition) is 5. The van der Waals surface area contributed by atoms with Gasteiger partial charge in [-0.25, -0.2) is 19.6 Å². The fraction of sp³-hybridized carbons (Fsp3) is 0.333. The van der Waals surface area contributed by atoms with Gasteiger partial charge in [-0.3, -0.25) is 0 Å². The van der Waals surface area contributed by atoms with Crippen molar-refractivity contribution < 1.29 is 14.7 Å². The van der Waals surface area contributed by atoms with Crippen molar-refractivity contribution in [1.29, 1.82) is 0 Å². The van der Waals surface area contributed by atoms with Gasteiger partial charge in [0, 0.05) is 43.7 Å². The zero-order valence-corrected chi connectivity index (χ0v) is 11.2. The zero-order valence-electron chi connectivity index (χ0n) is 11.2. The van der Waals surface area contributed by atoms with E-state index in [0.717, 1.165) is 5.82 Å². The van der Waals surface area contributed by atoms with E-state index in [9.17, 15) is 9.59 Å². The molecule has 21 heavy (non-hydrogen) atoms. The Hall–Kier alpha value is -2.84. The third-order valence-electron chi connectivity index (χ3n) is 2.78. The van der Waals surface area contributed by atoms with Crippen molar-refractivity contribution in [3.63, 3.8) is 0 Å². The summed E-state index contributed by atoms with van der Waals surface area (Å²) in [7, 11) is 0. The summed E-state index contributed by atoms with van der Waals surface area (Å²) >= 11 is 0. The first-order chi connectivity index (χ1) is 10.1. The van der Waals surface area contributed by atoms with E-state index < -0.39 is 18.0 Å². The van der Waals surface area contributed by atoms with Crippen LogP contribution in [0.15, 0.2) is 24.9 Å². The smallest absolute Gasteiger partial charge is 0.326 e. The van der Waals surface area contributed by atoms with Crippen LogP contribution in [0.5, 0.6) is 0 Å². The topological polar surface area (TPSA) is 136 Å². The number of carboxylic acid groups (broad SMARTS) is 1. The summed E-state index contributed by atoms with van der Waals surface area (Å²) in [5.74, 6) is -0.353. The molecule has 0 aliphatic rings. The molecule has 0 aliphatic carbocycles. The third kappa shape index (κ3) is 4.64. The zero-order chi connectivity index (χ0) is 15.1. The monoisotopic (exact) mass is 292 g/mol. The van der Waals surface area contributed by atoms with Gasteiger partial charge in [-0.1, -0.05) is 0 Å². The van der Waals surface area contributed by atoms with Crippen LogP contribution in [0.4, 0.5) is 4.79 Å². The Kier molecular flexibility index (Phi) is 4.91. The first-order valence-electron chi connectivity index (χ1n) is 6.38. The molecule has 2 amide bonds. The van der Waals surface area contributed by atoms with Gasteiger partial charge in [0.25, 0.3) is 0 Å². The van der Waals surface area contributed by atoms with Crippen molar-refractivity contribution >= 4 is 12.0 Å². The van der Waals surface area contributed by atoms with Gasteiger partial charge in [0.15, 0.2) is 0 Å². The molecule has 2 rings (SSSR count). The number of aromatic amines is 2. The molecule has 1 atom stereocenters. The van der Waals surface area contributed by atoms with Gasteiger partial charge < -0.3 is 25.7 Å². The number of urea groups is 1. The fourth-order valence-corrected chi connectivity index (χ4v) is 1.75. The summed E-state index contributed by atoms with van der Waals surface area (Å²) in [6, 6.07) is -1.55. The van der Waals surface area contributed by atoms with Crippen molar-refractivity contribution in [2.24, 2.45) is 0 Å². The molecule has 112 valence electrons. The first-order valence-corrected chi connectivity index (χ1v) is 6.38. The minimum atomic E-state index is -1.11. The molecule has 0 radical (unpaired) electrons. The minimum Gasteiger partial charge on any atom is -0.480 e. The number of hydrogen-bond acceptors (Lipinski definition) is 4. The molecule has 9 heteroatoms. The quantitative estimate of drug-likeness (QED) is 0.476. The highest BCUT2D eigenvalue weighted by Crippen LogP contribution is 1.98. The van der Waals surface area contributed by atoms with Crippen molar-refractivity contribution in [3.8, 4) is 0 Å². The molecular weight excluding hydrogens is 276 g/mol. The molecule has 0 aromatic carbocycles. The van der Waals surface area contributed by atoms with E-state index in [1.54, 1.807) is 12.4 Å². The van der Waals surface area contributed by atoms with Crippen LogP contribution in [0.2, 0.25) is 0 Å². The maximum Gasteiger partial charge on any atom is 0.326 e. The van der Waals surface area contributed by atoms with Gasteiger partial charge in [0.2, 0.25) is 0 Å². The SMILES string of the molecule is O=C(NCCc1ncc[nH]1)N[C@@H](Cc1cnc[nH]1)C(=O)O. The first kappa shape index (κ1) is 14.6. The number of carboxylic acids is 1. The van der Waals surface area contributed by atoms with Crippen LogP contribution in [0.1, 0.15) is 11.5 Å². The molecule has 0 aliphatic heterocycles. The molecule has 2 aromatic rings. The summed E-state index contributed by atoms with van der Waals surface area (Å²) in [6.45, 7) is 0.357. The average molecular weight is 292 g/mol. The second-order valence-corrected chi connectivity index (χ2v) is 4.36. The van der Waals surface area contributed by atoms with Crippen LogP contribution in [-0.4, -0.2) is 49.6 Å². The van der Waals surface area contributed by atoms with Crippen LogP contribution >= 0.6 is 0 Å². The number of nitrogens with zero attached hydrogens (tertiary/aromatic N) is 2. The molecule has 2 aromatic heterocycles. The van der Waals surface area contributed by atoms with Gasteiger partial charge in [-0.05, 0) is 0 Å². The number of aliphatic carboxylic acids is 1. The standard InChI is InChI=1S/C12H16N6O3/c19-11(20)9(5-8-6-13-7-17-8)18-12(21)16-2-1-10-14-3-4-15-10/h3-4,6-7,9H,1-2,5H2,(H,13,17)(H,14,15)(H,19,20)(H2,16,18,21)/t9-/m0/s1. The van der Waals surface area contributed by atoms with Crippen LogP contribution in [0.25, 0.3) is 0 Å². The molecule has 0 bridgehead atoms. The Morgan fingerprint density at radius 1 is 1.38 bits per heavy atom. The number of H-pyrrole nitrogens is 2. The number of imidazole rings is 2. The lowest BCUT2D eigenvalue weighted by Crippen LogP contribution is -2.47. The van der Waals surface area contributed by atoms with Crippen molar-refractivity contribution in [2.75, 3.05) is 6.54 Å². The lowest BCUT2D eigenvalue weighted by molar-refractivity contribution is -0.139. The Bertz CT molecular complexity index is 566. The van der Waals surface area contributed by atoms with Gasteiger partial charge in [0.05, 0.1) is 6.33 Å². The predicted molar refractivity (Wildman–Crippen MR) is 72.5 cm³/mol. The summed E-state index contributed by atoms with van der Waals surface area (Å²) in [5.41, 5.74) is 0.637.